The summed E-state index contributed by atoms with van der Waals surface area (Å²) < 4.78 is 0. The highest BCUT2D eigenvalue weighted by Gasteiger charge is 2.11. The summed E-state index contributed by atoms with van der Waals surface area (Å²) >= 11 is 0. The smallest absolute Gasteiger partial charge is 0.0804 e. The van der Waals surface area contributed by atoms with Crippen LogP contribution >= 0.6 is 0 Å². The van der Waals surface area contributed by atoms with E-state index in [-0.39, 0.29) is 0 Å². The molecule has 2 rings (SSSR count). The summed E-state index contributed by atoms with van der Waals surface area (Å²) in [6, 6.07) is 12.0. The van der Waals surface area contributed by atoms with Crippen molar-refractivity contribution in [2.24, 2.45) is 0 Å². The fourth-order valence-electron chi connectivity index (χ4n) is 2.34. The van der Waals surface area contributed by atoms with E-state index in [0.717, 1.165) is 30.6 Å². The summed E-state index contributed by atoms with van der Waals surface area (Å²) in [4.78, 5) is 6.32. The molecule has 3 nitrogen and oxygen atoms in total. The van der Waals surface area contributed by atoms with E-state index in [0.29, 0.717) is 0 Å². The van der Waals surface area contributed by atoms with Crippen LogP contribution < -0.4 is 0 Å². The number of aliphatic hydroxyl groups is 1. The summed E-state index contributed by atoms with van der Waals surface area (Å²) in [7, 11) is 2.07. The number of aromatic nitrogens is 1. The van der Waals surface area contributed by atoms with Crippen molar-refractivity contribution in [3.8, 4) is 0 Å². The molecule has 1 atom stereocenters. The van der Waals surface area contributed by atoms with Gasteiger partial charge in [-0.3, -0.25) is 4.98 Å². The number of rotatable bonds is 6. The molecule has 0 amide bonds. The quantitative estimate of drug-likeness (QED) is 0.876. The lowest BCUT2D eigenvalue weighted by atomic mass is 10.0. The zero-order chi connectivity index (χ0) is 14.4. The standard InChI is InChI=1S/C17H22N2O/c1-14-6-3-4-8-16(14)17(20)9-11-19(2)13-15-7-5-10-18-12-15/h3-8,10,12,17,20H,9,11,13H2,1-2H3. The van der Waals surface area contributed by atoms with Crippen LogP contribution in [-0.2, 0) is 6.54 Å². The van der Waals surface area contributed by atoms with Gasteiger partial charge in [0.25, 0.3) is 0 Å². The second-order valence-corrected chi connectivity index (χ2v) is 5.26. The molecule has 2 aromatic rings. The molecule has 1 N–H and O–H groups in total. The number of pyridine rings is 1. The van der Waals surface area contributed by atoms with Crippen LogP contribution in [0.4, 0.5) is 0 Å². The Morgan fingerprint density at radius 2 is 2.00 bits per heavy atom. The number of aryl methyl sites for hydroxylation is 1. The van der Waals surface area contributed by atoms with Gasteiger partial charge in [-0.1, -0.05) is 30.3 Å². The highest BCUT2D eigenvalue weighted by Crippen LogP contribution is 2.20. The van der Waals surface area contributed by atoms with Crippen LogP contribution in [0.15, 0.2) is 48.8 Å². The summed E-state index contributed by atoms with van der Waals surface area (Å²) in [5, 5.41) is 10.3. The lowest BCUT2D eigenvalue weighted by molar-refractivity contribution is 0.147. The van der Waals surface area contributed by atoms with Gasteiger partial charge < -0.3 is 10.0 Å². The average Bonchev–Trinajstić information content (AvgIpc) is 2.46. The molecule has 1 aromatic heterocycles. The van der Waals surface area contributed by atoms with Crippen molar-refractivity contribution in [2.75, 3.05) is 13.6 Å². The molecule has 1 unspecified atom stereocenters. The van der Waals surface area contributed by atoms with Crippen LogP contribution in [0.25, 0.3) is 0 Å². The molecule has 20 heavy (non-hydrogen) atoms. The lowest BCUT2D eigenvalue weighted by Gasteiger charge is -2.19. The largest absolute Gasteiger partial charge is 0.388 e. The maximum Gasteiger partial charge on any atom is 0.0804 e. The van der Waals surface area contributed by atoms with Gasteiger partial charge in [0.15, 0.2) is 0 Å². The van der Waals surface area contributed by atoms with Crippen molar-refractivity contribution < 1.29 is 5.11 Å². The first kappa shape index (κ1) is 14.7. The van der Waals surface area contributed by atoms with Crippen molar-refractivity contribution >= 4 is 0 Å². The summed E-state index contributed by atoms with van der Waals surface area (Å²) in [5.41, 5.74) is 3.37. The monoisotopic (exact) mass is 270 g/mol. The van der Waals surface area contributed by atoms with E-state index < -0.39 is 6.10 Å². The third kappa shape index (κ3) is 4.15. The molecular formula is C17H22N2O. The first-order valence-electron chi connectivity index (χ1n) is 6.98. The molecule has 106 valence electrons. The van der Waals surface area contributed by atoms with E-state index in [1.807, 2.05) is 43.5 Å². The second kappa shape index (κ2) is 7.17. The minimum atomic E-state index is -0.396. The molecule has 3 heteroatoms. The van der Waals surface area contributed by atoms with Crippen molar-refractivity contribution in [2.45, 2.75) is 26.0 Å². The lowest BCUT2D eigenvalue weighted by Crippen LogP contribution is -2.21. The Hall–Kier alpha value is -1.71. The van der Waals surface area contributed by atoms with Crippen molar-refractivity contribution in [3.05, 3.63) is 65.5 Å². The molecular weight excluding hydrogens is 248 g/mol. The maximum absolute atomic E-state index is 10.3. The van der Waals surface area contributed by atoms with E-state index in [1.54, 1.807) is 6.20 Å². The summed E-state index contributed by atoms with van der Waals surface area (Å²) in [6.07, 6.45) is 4.01. The third-order valence-electron chi connectivity index (χ3n) is 3.51. The van der Waals surface area contributed by atoms with E-state index in [9.17, 15) is 5.11 Å². The minimum absolute atomic E-state index is 0.396. The molecule has 0 aliphatic heterocycles. The van der Waals surface area contributed by atoms with Crippen LogP contribution in [0.1, 0.15) is 29.2 Å². The molecule has 0 aliphatic carbocycles. The molecule has 0 saturated carbocycles. The molecule has 1 heterocycles. The topological polar surface area (TPSA) is 36.4 Å². The number of aliphatic hydroxyl groups excluding tert-OH is 1. The predicted molar refractivity (Wildman–Crippen MR) is 81.3 cm³/mol. The number of hydrogen-bond acceptors (Lipinski definition) is 3. The van der Waals surface area contributed by atoms with Gasteiger partial charge in [0.05, 0.1) is 6.10 Å². The molecule has 1 aromatic carbocycles. The van der Waals surface area contributed by atoms with Gasteiger partial charge in [-0.05, 0) is 43.1 Å². The van der Waals surface area contributed by atoms with Gasteiger partial charge in [-0.2, -0.15) is 0 Å². The van der Waals surface area contributed by atoms with Crippen molar-refractivity contribution in [1.29, 1.82) is 0 Å². The Labute approximate surface area is 120 Å². The molecule has 0 saturated heterocycles. The van der Waals surface area contributed by atoms with Gasteiger partial charge in [0.2, 0.25) is 0 Å². The fraction of sp³-hybridized carbons (Fsp3) is 0.353. The fourth-order valence-corrected chi connectivity index (χ4v) is 2.34. The SMILES string of the molecule is Cc1ccccc1C(O)CCN(C)Cc1cccnc1. The normalized spacial score (nSPS) is 12.6. The number of hydrogen-bond donors (Lipinski definition) is 1. The summed E-state index contributed by atoms with van der Waals surface area (Å²) in [6.45, 7) is 3.75. The van der Waals surface area contributed by atoms with Crippen LogP contribution in [0, 0.1) is 6.92 Å². The van der Waals surface area contributed by atoms with Crippen molar-refractivity contribution in [1.82, 2.24) is 9.88 Å². The van der Waals surface area contributed by atoms with E-state index in [4.69, 9.17) is 0 Å². The predicted octanol–water partition coefficient (Wildman–Crippen LogP) is 2.95. The first-order chi connectivity index (χ1) is 9.66. The molecule has 0 fully saturated rings. The minimum Gasteiger partial charge on any atom is -0.388 e. The number of benzene rings is 1. The van der Waals surface area contributed by atoms with Crippen LogP contribution in [-0.4, -0.2) is 28.6 Å². The third-order valence-corrected chi connectivity index (χ3v) is 3.51. The Bertz CT molecular complexity index is 528. The van der Waals surface area contributed by atoms with Gasteiger partial charge in [-0.25, -0.2) is 0 Å². The molecule has 0 bridgehead atoms. The van der Waals surface area contributed by atoms with Gasteiger partial charge in [-0.15, -0.1) is 0 Å². The first-order valence-corrected chi connectivity index (χ1v) is 6.98. The van der Waals surface area contributed by atoms with Gasteiger partial charge in [0.1, 0.15) is 0 Å². The van der Waals surface area contributed by atoms with Crippen LogP contribution in [0.2, 0.25) is 0 Å². The Balaban J connectivity index is 1.84. The van der Waals surface area contributed by atoms with E-state index >= 15 is 0 Å². The highest BCUT2D eigenvalue weighted by molar-refractivity contribution is 5.27. The Morgan fingerprint density at radius 3 is 2.70 bits per heavy atom. The summed E-state index contributed by atoms with van der Waals surface area (Å²) in [5.74, 6) is 0. The maximum atomic E-state index is 10.3. The molecule has 0 radical (unpaired) electrons. The molecule has 0 spiro atoms. The van der Waals surface area contributed by atoms with Gasteiger partial charge in [0, 0.05) is 25.5 Å². The van der Waals surface area contributed by atoms with Gasteiger partial charge >= 0.3 is 0 Å². The average molecular weight is 270 g/mol. The Morgan fingerprint density at radius 1 is 1.20 bits per heavy atom. The van der Waals surface area contributed by atoms with Crippen LogP contribution in [0.5, 0.6) is 0 Å². The van der Waals surface area contributed by atoms with Crippen molar-refractivity contribution in [3.63, 3.8) is 0 Å². The highest BCUT2D eigenvalue weighted by atomic mass is 16.3. The zero-order valence-electron chi connectivity index (χ0n) is 12.2. The number of nitrogens with zero attached hydrogens (tertiary/aromatic N) is 2. The molecule has 0 aliphatic rings. The van der Waals surface area contributed by atoms with Crippen LogP contribution in [0.3, 0.4) is 0 Å². The Kier molecular flexibility index (Phi) is 5.27. The van der Waals surface area contributed by atoms with E-state index in [1.165, 1.54) is 5.56 Å². The second-order valence-electron chi connectivity index (χ2n) is 5.26. The van der Waals surface area contributed by atoms with E-state index in [2.05, 4.69) is 23.0 Å². The zero-order valence-corrected chi connectivity index (χ0v) is 12.2.